The van der Waals surface area contributed by atoms with E-state index in [-0.39, 0.29) is 5.78 Å². The van der Waals surface area contributed by atoms with Crippen LogP contribution in [0.2, 0.25) is 0 Å². The number of halogens is 1. The quantitative estimate of drug-likeness (QED) is 0.604. The number of Topliss-reactive ketones (excluding diaryl/α,β-unsaturated/α-hetero) is 1. The molecule has 4 heteroatoms. The second-order valence-corrected chi connectivity index (χ2v) is 6.84. The fourth-order valence-electron chi connectivity index (χ4n) is 1.81. The second-order valence-electron chi connectivity index (χ2n) is 3.95. The zero-order valence-electron chi connectivity index (χ0n) is 9.35. The summed E-state index contributed by atoms with van der Waals surface area (Å²) in [5.74, 6) is 0.190. The first-order chi connectivity index (χ1) is 8.74. The number of thiophene rings is 2. The Labute approximate surface area is 121 Å². The van der Waals surface area contributed by atoms with Gasteiger partial charge in [0.15, 0.2) is 5.78 Å². The molecule has 3 rings (SSSR count). The van der Waals surface area contributed by atoms with Crippen molar-refractivity contribution in [2.24, 2.45) is 0 Å². The number of hydrogen-bond donors (Lipinski definition) is 0. The van der Waals surface area contributed by atoms with Gasteiger partial charge in [-0.3, -0.25) is 4.79 Å². The highest BCUT2D eigenvalue weighted by Gasteiger charge is 2.12. The van der Waals surface area contributed by atoms with E-state index < -0.39 is 0 Å². The van der Waals surface area contributed by atoms with Crippen LogP contribution in [0.25, 0.3) is 9.40 Å². The molecule has 0 saturated heterocycles. The molecule has 0 fully saturated rings. The van der Waals surface area contributed by atoms with Crippen molar-refractivity contribution in [2.45, 2.75) is 6.42 Å². The van der Waals surface area contributed by atoms with Gasteiger partial charge in [0.1, 0.15) is 0 Å². The third kappa shape index (κ3) is 2.28. The van der Waals surface area contributed by atoms with Crippen LogP contribution in [-0.4, -0.2) is 5.78 Å². The number of carbonyl (C=O) groups excluding carboxylic acids is 1. The zero-order valence-corrected chi connectivity index (χ0v) is 12.6. The summed E-state index contributed by atoms with van der Waals surface area (Å²) in [5.41, 5.74) is 1.04. The summed E-state index contributed by atoms with van der Waals surface area (Å²) in [4.78, 5) is 13.1. The van der Waals surface area contributed by atoms with Crippen LogP contribution in [-0.2, 0) is 6.42 Å². The van der Waals surface area contributed by atoms with Crippen LogP contribution in [0.5, 0.6) is 0 Å². The molecule has 2 aromatic heterocycles. The maximum absolute atomic E-state index is 12.2. The Bertz CT molecular complexity index is 683. The van der Waals surface area contributed by atoms with Gasteiger partial charge in [-0.05, 0) is 29.1 Å². The van der Waals surface area contributed by atoms with E-state index in [0.29, 0.717) is 6.42 Å². The molecule has 0 N–H and O–H groups in total. The molecule has 2 heterocycles. The fraction of sp³-hybridized carbons (Fsp3) is 0.0714. The van der Waals surface area contributed by atoms with Crippen LogP contribution in [0.15, 0.2) is 46.3 Å². The van der Waals surface area contributed by atoms with Gasteiger partial charge < -0.3 is 0 Å². The first kappa shape index (κ1) is 12.1. The molecule has 1 nitrogen and oxygen atoms in total. The van der Waals surface area contributed by atoms with Crippen LogP contribution in [0.1, 0.15) is 15.2 Å². The van der Waals surface area contributed by atoms with E-state index in [0.717, 1.165) is 14.9 Å². The number of fused-ring (bicyclic) bond motifs is 1. The molecule has 0 unspecified atom stereocenters. The molecule has 0 atom stereocenters. The van der Waals surface area contributed by atoms with E-state index in [1.807, 2.05) is 30.3 Å². The summed E-state index contributed by atoms with van der Waals surface area (Å²) in [6, 6.07) is 11.9. The largest absolute Gasteiger partial charge is 0.293 e. The molecular formula is C14H9BrOS2. The summed E-state index contributed by atoms with van der Waals surface area (Å²) in [6.07, 6.45) is 0.454. The van der Waals surface area contributed by atoms with Gasteiger partial charge in [-0.25, -0.2) is 0 Å². The summed E-state index contributed by atoms with van der Waals surface area (Å²) in [5, 5.41) is 2.06. The molecule has 1 aromatic carbocycles. The predicted molar refractivity (Wildman–Crippen MR) is 81.9 cm³/mol. The van der Waals surface area contributed by atoms with E-state index in [9.17, 15) is 4.79 Å². The Morgan fingerprint density at radius 1 is 1.17 bits per heavy atom. The van der Waals surface area contributed by atoms with Crippen LogP contribution in [0.3, 0.4) is 0 Å². The van der Waals surface area contributed by atoms with Crippen LogP contribution < -0.4 is 0 Å². The number of rotatable bonds is 3. The van der Waals surface area contributed by atoms with E-state index in [1.54, 1.807) is 22.7 Å². The van der Waals surface area contributed by atoms with Crippen molar-refractivity contribution in [1.82, 2.24) is 0 Å². The Kier molecular flexibility index (Phi) is 3.33. The fourth-order valence-corrected chi connectivity index (χ4v) is 4.28. The molecule has 18 heavy (non-hydrogen) atoms. The average Bonchev–Trinajstić information content (AvgIpc) is 2.92. The lowest BCUT2D eigenvalue weighted by Crippen LogP contribution is -2.01. The molecule has 0 amide bonds. The van der Waals surface area contributed by atoms with E-state index in [4.69, 9.17) is 0 Å². The van der Waals surface area contributed by atoms with E-state index in [2.05, 4.69) is 27.4 Å². The van der Waals surface area contributed by atoms with Crippen molar-refractivity contribution < 1.29 is 4.79 Å². The molecule has 0 aliphatic heterocycles. The first-order valence-electron chi connectivity index (χ1n) is 5.47. The van der Waals surface area contributed by atoms with Gasteiger partial charge in [-0.15, -0.1) is 22.7 Å². The molecule has 0 aliphatic rings. The van der Waals surface area contributed by atoms with Crippen LogP contribution >= 0.6 is 38.6 Å². The summed E-state index contributed by atoms with van der Waals surface area (Å²) in [7, 11) is 0. The first-order valence-corrected chi connectivity index (χ1v) is 7.96. The standard InChI is InChI=1S/C14H9BrOS2/c15-10-4-2-1-3-9(10)7-11(16)13-8-14-12(18-13)5-6-17-14/h1-6,8H,7H2. The molecule has 0 bridgehead atoms. The Morgan fingerprint density at radius 3 is 2.78 bits per heavy atom. The molecular weight excluding hydrogens is 328 g/mol. The number of hydrogen-bond acceptors (Lipinski definition) is 3. The molecule has 3 aromatic rings. The van der Waals surface area contributed by atoms with Gasteiger partial charge in [0.2, 0.25) is 0 Å². The summed E-state index contributed by atoms with van der Waals surface area (Å²) >= 11 is 6.74. The lowest BCUT2D eigenvalue weighted by Gasteiger charge is -2.01. The molecule has 0 aliphatic carbocycles. The highest BCUT2D eigenvalue weighted by atomic mass is 79.9. The summed E-state index contributed by atoms with van der Waals surface area (Å²) in [6.45, 7) is 0. The lowest BCUT2D eigenvalue weighted by molar-refractivity contribution is 0.0996. The third-order valence-corrected chi connectivity index (χ3v) is 5.63. The van der Waals surface area contributed by atoms with Crippen molar-refractivity contribution in [2.75, 3.05) is 0 Å². The van der Waals surface area contributed by atoms with Crippen molar-refractivity contribution in [3.63, 3.8) is 0 Å². The van der Waals surface area contributed by atoms with Gasteiger partial charge in [-0.1, -0.05) is 34.1 Å². The third-order valence-electron chi connectivity index (χ3n) is 2.72. The minimum atomic E-state index is 0.190. The highest BCUT2D eigenvalue weighted by Crippen LogP contribution is 2.31. The summed E-state index contributed by atoms with van der Waals surface area (Å²) < 4.78 is 3.41. The number of ketones is 1. The van der Waals surface area contributed by atoms with Crippen molar-refractivity contribution in [3.8, 4) is 0 Å². The van der Waals surface area contributed by atoms with Gasteiger partial charge in [-0.2, -0.15) is 0 Å². The minimum absolute atomic E-state index is 0.190. The van der Waals surface area contributed by atoms with E-state index >= 15 is 0 Å². The van der Waals surface area contributed by atoms with Crippen molar-refractivity contribution in [3.05, 3.63) is 56.7 Å². The average molecular weight is 337 g/mol. The van der Waals surface area contributed by atoms with Gasteiger partial charge >= 0.3 is 0 Å². The highest BCUT2D eigenvalue weighted by molar-refractivity contribution is 9.10. The van der Waals surface area contributed by atoms with Crippen LogP contribution in [0.4, 0.5) is 0 Å². The smallest absolute Gasteiger partial charge is 0.177 e. The van der Waals surface area contributed by atoms with Crippen molar-refractivity contribution in [1.29, 1.82) is 0 Å². The maximum Gasteiger partial charge on any atom is 0.177 e. The molecule has 0 saturated carbocycles. The Hall–Kier alpha value is -0.970. The lowest BCUT2D eigenvalue weighted by atomic mass is 10.1. The molecule has 0 spiro atoms. The van der Waals surface area contributed by atoms with Gasteiger partial charge in [0.25, 0.3) is 0 Å². The normalized spacial score (nSPS) is 10.9. The van der Waals surface area contributed by atoms with E-state index in [1.165, 1.54) is 9.40 Å². The minimum Gasteiger partial charge on any atom is -0.293 e. The second kappa shape index (κ2) is 4.96. The monoisotopic (exact) mass is 336 g/mol. The molecule has 90 valence electrons. The molecule has 0 radical (unpaired) electrons. The predicted octanol–water partition coefficient (Wildman–Crippen LogP) is 5.15. The maximum atomic E-state index is 12.2. The van der Waals surface area contributed by atoms with Gasteiger partial charge in [0, 0.05) is 20.3 Å². The van der Waals surface area contributed by atoms with Crippen LogP contribution in [0, 0.1) is 0 Å². The van der Waals surface area contributed by atoms with Crippen molar-refractivity contribution >= 4 is 53.8 Å². The number of benzene rings is 1. The van der Waals surface area contributed by atoms with Gasteiger partial charge in [0.05, 0.1) is 4.88 Å². The Morgan fingerprint density at radius 2 is 2.00 bits per heavy atom. The topological polar surface area (TPSA) is 17.1 Å². The Balaban J connectivity index is 1.87. The SMILES string of the molecule is O=C(Cc1ccccc1Br)c1cc2sccc2s1. The number of carbonyl (C=O) groups is 1. The zero-order chi connectivity index (χ0) is 12.5.